The lowest BCUT2D eigenvalue weighted by atomic mass is 10.0. The number of benzene rings is 2. The van der Waals surface area contributed by atoms with Gasteiger partial charge in [0.15, 0.2) is 10.5 Å². The summed E-state index contributed by atoms with van der Waals surface area (Å²) < 4.78 is 58.5. The molecule has 3 nitrogen and oxygen atoms in total. The van der Waals surface area contributed by atoms with Crippen molar-refractivity contribution in [1.82, 2.24) is 0 Å². The zero-order valence-electron chi connectivity index (χ0n) is 15.5. The minimum Gasteiger partial charge on any atom is -0.376 e. The highest BCUT2D eigenvalue weighted by atomic mass is 28.2. The molecule has 0 aliphatic carbocycles. The van der Waals surface area contributed by atoms with Crippen molar-refractivity contribution in [3.8, 4) is 11.1 Å². The van der Waals surface area contributed by atoms with Gasteiger partial charge in [0.1, 0.15) is 17.5 Å². The van der Waals surface area contributed by atoms with E-state index >= 15 is 0 Å². The lowest BCUT2D eigenvalue weighted by Gasteiger charge is -2.36. The first kappa shape index (κ1) is 20.6. The lowest BCUT2D eigenvalue weighted by Crippen LogP contribution is -2.40. The Labute approximate surface area is 154 Å². The Hall–Kier alpha value is -1.67. The molecular formula is C19H23F3O3Si. The first-order chi connectivity index (χ1) is 12.2. The normalized spacial score (nSPS) is 12.3. The molecule has 0 saturated heterocycles. The average Bonchev–Trinajstić information content (AvgIpc) is 2.53. The molecule has 0 N–H and O–H groups in total. The van der Waals surface area contributed by atoms with Crippen molar-refractivity contribution in [1.29, 1.82) is 0 Å². The molecule has 0 aliphatic heterocycles. The summed E-state index contributed by atoms with van der Waals surface area (Å²) in [6.45, 7) is 7.43. The van der Waals surface area contributed by atoms with Crippen molar-refractivity contribution in [2.45, 2.75) is 45.9 Å². The van der Waals surface area contributed by atoms with Gasteiger partial charge in [0.25, 0.3) is 0 Å². The van der Waals surface area contributed by atoms with E-state index < -0.39 is 23.4 Å². The van der Waals surface area contributed by atoms with Crippen molar-refractivity contribution in [3.05, 3.63) is 59.4 Å². The summed E-state index contributed by atoms with van der Waals surface area (Å²) in [5.41, 5.74) is 0.562. The molecule has 26 heavy (non-hydrogen) atoms. The third-order valence-corrected chi connectivity index (χ3v) is 4.12. The molecule has 0 unspecified atom stereocenters. The molecule has 0 bridgehead atoms. The molecule has 0 heterocycles. The first-order valence-electron chi connectivity index (χ1n) is 8.34. The van der Waals surface area contributed by atoms with Crippen LogP contribution >= 0.6 is 0 Å². The molecule has 2 rings (SSSR count). The Morgan fingerprint density at radius 3 is 1.69 bits per heavy atom. The fourth-order valence-corrected chi connectivity index (χ4v) is 3.09. The van der Waals surface area contributed by atoms with Gasteiger partial charge in [-0.15, -0.1) is 0 Å². The molecular weight excluding hydrogens is 361 g/mol. The topological polar surface area (TPSA) is 27.7 Å². The second-order valence-corrected chi connectivity index (χ2v) is 6.82. The number of halogens is 3. The Balaban J connectivity index is 2.46. The smallest absolute Gasteiger partial charge is 0.302 e. The zero-order chi connectivity index (χ0) is 19.5. The van der Waals surface area contributed by atoms with Crippen LogP contribution in [0.5, 0.6) is 0 Å². The van der Waals surface area contributed by atoms with Crippen LogP contribution in [0.4, 0.5) is 13.2 Å². The van der Waals surface area contributed by atoms with E-state index in [1.165, 1.54) is 12.1 Å². The molecule has 2 aromatic rings. The van der Waals surface area contributed by atoms with Crippen molar-refractivity contribution >= 4 is 10.5 Å². The number of hydrogen-bond acceptors (Lipinski definition) is 3. The third kappa shape index (κ3) is 4.53. The molecule has 0 aromatic heterocycles. The van der Waals surface area contributed by atoms with Crippen molar-refractivity contribution in [2.24, 2.45) is 0 Å². The SMILES string of the molecule is CC(C)OC(O[SiH3])(OC(C)C)c1ccc(-c2c(F)cc(F)cc2F)cc1. The van der Waals surface area contributed by atoms with Crippen LogP contribution in [0.25, 0.3) is 11.1 Å². The van der Waals surface area contributed by atoms with Gasteiger partial charge in [-0.2, -0.15) is 0 Å². The van der Waals surface area contributed by atoms with E-state index in [0.717, 1.165) is 0 Å². The van der Waals surface area contributed by atoms with E-state index in [2.05, 4.69) is 0 Å². The van der Waals surface area contributed by atoms with Crippen molar-refractivity contribution in [2.75, 3.05) is 0 Å². The summed E-state index contributed by atoms with van der Waals surface area (Å²) in [7, 11) is 0.350. The maximum Gasteiger partial charge on any atom is 0.302 e. The van der Waals surface area contributed by atoms with Crippen LogP contribution in [-0.2, 0) is 19.9 Å². The number of ether oxygens (including phenoxy) is 2. The van der Waals surface area contributed by atoms with Crippen LogP contribution in [0, 0.1) is 17.5 Å². The summed E-state index contributed by atoms with van der Waals surface area (Å²) >= 11 is 0. The van der Waals surface area contributed by atoms with Gasteiger partial charge in [0.2, 0.25) is 0 Å². The van der Waals surface area contributed by atoms with E-state index in [1.54, 1.807) is 12.1 Å². The Kier molecular flexibility index (Phi) is 6.62. The number of hydrogen-bond donors (Lipinski definition) is 0. The summed E-state index contributed by atoms with van der Waals surface area (Å²) in [6.07, 6.45) is -0.344. The Morgan fingerprint density at radius 1 is 0.846 bits per heavy atom. The van der Waals surface area contributed by atoms with E-state index in [1.807, 2.05) is 27.7 Å². The maximum atomic E-state index is 14.0. The first-order valence-corrected chi connectivity index (χ1v) is 9.16. The van der Waals surface area contributed by atoms with Crippen molar-refractivity contribution < 1.29 is 27.1 Å². The molecule has 0 amide bonds. The molecule has 0 spiro atoms. The molecule has 0 aliphatic rings. The van der Waals surface area contributed by atoms with Crippen LogP contribution in [0.3, 0.4) is 0 Å². The maximum absolute atomic E-state index is 14.0. The molecule has 7 heteroatoms. The van der Waals surface area contributed by atoms with Crippen LogP contribution in [0.15, 0.2) is 36.4 Å². The summed E-state index contributed by atoms with van der Waals surface area (Å²) in [4.78, 5) is 0. The van der Waals surface area contributed by atoms with Crippen LogP contribution in [0.2, 0.25) is 0 Å². The second kappa shape index (κ2) is 8.35. The van der Waals surface area contributed by atoms with Gasteiger partial charge in [-0.3, -0.25) is 0 Å². The van der Waals surface area contributed by atoms with Crippen molar-refractivity contribution in [3.63, 3.8) is 0 Å². The fraction of sp³-hybridized carbons (Fsp3) is 0.368. The zero-order valence-corrected chi connectivity index (χ0v) is 17.5. The summed E-state index contributed by atoms with van der Waals surface area (Å²) in [5.74, 6) is -4.26. The van der Waals surface area contributed by atoms with Gasteiger partial charge in [-0.05, 0) is 33.3 Å². The van der Waals surface area contributed by atoms with Gasteiger partial charge in [0, 0.05) is 17.7 Å². The molecule has 0 radical (unpaired) electrons. The highest BCUT2D eigenvalue weighted by Crippen LogP contribution is 2.34. The Morgan fingerprint density at radius 2 is 1.31 bits per heavy atom. The average molecular weight is 384 g/mol. The minimum atomic E-state index is -1.38. The van der Waals surface area contributed by atoms with Gasteiger partial charge in [-0.25, -0.2) is 13.2 Å². The molecule has 142 valence electrons. The summed E-state index contributed by atoms with van der Waals surface area (Å²) in [6, 6.07) is 7.61. The van der Waals surface area contributed by atoms with Crippen LogP contribution in [-0.4, -0.2) is 22.7 Å². The van der Waals surface area contributed by atoms with E-state index in [-0.39, 0.29) is 23.3 Å². The van der Waals surface area contributed by atoms with Gasteiger partial charge >= 0.3 is 5.97 Å². The largest absolute Gasteiger partial charge is 0.376 e. The Bertz CT molecular complexity index is 715. The van der Waals surface area contributed by atoms with Crippen LogP contribution < -0.4 is 0 Å². The fourth-order valence-electron chi connectivity index (χ4n) is 2.66. The molecule has 0 saturated carbocycles. The van der Waals surface area contributed by atoms with Gasteiger partial charge < -0.3 is 13.9 Å². The van der Waals surface area contributed by atoms with E-state index in [4.69, 9.17) is 13.9 Å². The quantitative estimate of drug-likeness (QED) is 0.533. The van der Waals surface area contributed by atoms with Gasteiger partial charge in [-0.1, -0.05) is 24.3 Å². The molecule has 2 aromatic carbocycles. The minimum absolute atomic E-state index is 0.172. The molecule has 0 atom stereocenters. The third-order valence-electron chi connectivity index (χ3n) is 3.58. The standard InChI is InChI=1S/C19H23F3O3Si/c1-11(2)23-19(25-26,24-12(3)4)14-7-5-13(6-8-14)18-16(21)9-15(20)10-17(18)22/h5-12H,1-4,26H3. The highest BCUT2D eigenvalue weighted by Gasteiger charge is 2.36. The highest BCUT2D eigenvalue weighted by molar-refractivity contribution is 5.98. The molecule has 0 fully saturated rings. The second-order valence-electron chi connectivity index (χ2n) is 6.42. The number of rotatable bonds is 7. The van der Waals surface area contributed by atoms with Crippen LogP contribution in [0.1, 0.15) is 33.3 Å². The summed E-state index contributed by atoms with van der Waals surface area (Å²) in [5, 5.41) is 0. The predicted octanol–water partition coefficient (Wildman–Crippen LogP) is 4.03. The van der Waals surface area contributed by atoms with E-state index in [9.17, 15) is 13.2 Å². The predicted molar refractivity (Wildman–Crippen MR) is 96.9 cm³/mol. The van der Waals surface area contributed by atoms with Gasteiger partial charge in [0.05, 0.1) is 17.8 Å². The lowest BCUT2D eigenvalue weighted by molar-refractivity contribution is -0.378. The monoisotopic (exact) mass is 384 g/mol. The van der Waals surface area contributed by atoms with E-state index in [0.29, 0.717) is 28.2 Å².